The fourth-order valence-corrected chi connectivity index (χ4v) is 4.04. The van der Waals surface area contributed by atoms with Gasteiger partial charge in [-0.25, -0.2) is 9.97 Å². The second kappa shape index (κ2) is 9.08. The lowest BCUT2D eigenvalue weighted by Gasteiger charge is -2.09. The van der Waals surface area contributed by atoms with Crippen LogP contribution in [0.15, 0.2) is 65.1 Å². The van der Waals surface area contributed by atoms with Crippen molar-refractivity contribution >= 4 is 21.3 Å². The van der Waals surface area contributed by atoms with Crippen molar-refractivity contribution in [2.45, 2.75) is 25.9 Å². The van der Waals surface area contributed by atoms with Gasteiger partial charge >= 0.3 is 0 Å². The molecule has 0 bridgehead atoms. The van der Waals surface area contributed by atoms with E-state index in [9.17, 15) is 8.42 Å². The van der Waals surface area contributed by atoms with Crippen molar-refractivity contribution < 1.29 is 26.5 Å². The topological polar surface area (TPSA) is 101 Å². The molecule has 1 unspecified atom stereocenters. The lowest BCUT2D eigenvalue weighted by Crippen LogP contribution is -2.08. The number of ether oxygens (including phenoxy) is 2. The zero-order valence-electron chi connectivity index (χ0n) is 18.8. The molecule has 176 valence electrons. The molecular weight excluding hydrogens is 456 g/mol. The number of pyridine rings is 1. The molecule has 1 saturated carbocycles. The monoisotopic (exact) mass is 480 g/mol. The van der Waals surface area contributed by atoms with Gasteiger partial charge in [-0.1, -0.05) is 6.07 Å². The normalized spacial score (nSPS) is 14.8. The highest BCUT2D eigenvalue weighted by atomic mass is 32.2. The van der Waals surface area contributed by atoms with Gasteiger partial charge in [0.1, 0.15) is 28.9 Å². The molecule has 2 aromatic carbocycles. The highest BCUT2D eigenvalue weighted by Gasteiger charge is 2.22. The minimum Gasteiger partial charge on any atom is -0.493 e. The average molecular weight is 481 g/mol. The van der Waals surface area contributed by atoms with E-state index in [1.807, 2.05) is 48.5 Å². The molecule has 0 spiro atoms. The van der Waals surface area contributed by atoms with Crippen molar-refractivity contribution in [3.63, 3.8) is 0 Å². The van der Waals surface area contributed by atoms with Crippen LogP contribution in [0.2, 0.25) is 0 Å². The Morgan fingerprint density at radius 1 is 1.00 bits per heavy atom. The molecule has 0 radical (unpaired) electrons. The molecule has 1 atom stereocenters. The Bertz CT molecular complexity index is 1410. The van der Waals surface area contributed by atoms with E-state index < -0.39 is 16.2 Å². The van der Waals surface area contributed by atoms with Crippen molar-refractivity contribution in [1.29, 1.82) is 0 Å². The van der Waals surface area contributed by atoms with E-state index in [1.165, 1.54) is 12.8 Å². The number of rotatable bonds is 9. The number of fused-ring (bicyclic) bond motifs is 1. The molecule has 1 aliphatic rings. The molecule has 0 N–H and O–H groups in total. The molecule has 8 nitrogen and oxygen atoms in total. The zero-order chi connectivity index (χ0) is 23.7. The second-order valence-corrected chi connectivity index (χ2v) is 9.98. The van der Waals surface area contributed by atoms with Crippen LogP contribution in [0.3, 0.4) is 0 Å². The van der Waals surface area contributed by atoms with Gasteiger partial charge in [0.2, 0.25) is 11.6 Å². The Morgan fingerprint density at radius 2 is 1.76 bits per heavy atom. The summed E-state index contributed by atoms with van der Waals surface area (Å²) in [5, 5.41) is 0. The SMILES string of the molecule is CC(OS(C)(=O)=O)c1ccc2nc(-c3ccc(Oc4cccc(OCC5CC5)c4)cc3)oc2n1. The summed E-state index contributed by atoms with van der Waals surface area (Å²) in [4.78, 5) is 8.84. The lowest BCUT2D eigenvalue weighted by molar-refractivity contribution is 0.232. The van der Waals surface area contributed by atoms with Crippen molar-refractivity contribution in [2.75, 3.05) is 12.9 Å². The quantitative estimate of drug-likeness (QED) is 0.289. The smallest absolute Gasteiger partial charge is 0.265 e. The summed E-state index contributed by atoms with van der Waals surface area (Å²) >= 11 is 0. The predicted molar refractivity (Wildman–Crippen MR) is 126 cm³/mol. The van der Waals surface area contributed by atoms with E-state index >= 15 is 0 Å². The van der Waals surface area contributed by atoms with Gasteiger partial charge < -0.3 is 13.9 Å². The minimum atomic E-state index is -3.60. The van der Waals surface area contributed by atoms with Crippen LogP contribution >= 0.6 is 0 Å². The van der Waals surface area contributed by atoms with E-state index in [2.05, 4.69) is 9.97 Å². The molecular formula is C25H24N2O6S. The van der Waals surface area contributed by atoms with Gasteiger partial charge in [0.25, 0.3) is 10.1 Å². The third-order valence-corrected chi connectivity index (χ3v) is 5.98. The van der Waals surface area contributed by atoms with Gasteiger partial charge in [-0.2, -0.15) is 8.42 Å². The van der Waals surface area contributed by atoms with E-state index in [0.29, 0.717) is 40.2 Å². The van der Waals surface area contributed by atoms with Crippen LogP contribution in [0.1, 0.15) is 31.6 Å². The fourth-order valence-electron chi connectivity index (χ4n) is 3.42. The molecule has 0 saturated heterocycles. The summed E-state index contributed by atoms with van der Waals surface area (Å²) in [6.45, 7) is 2.36. The summed E-state index contributed by atoms with van der Waals surface area (Å²) in [5.74, 6) is 3.26. The van der Waals surface area contributed by atoms with Crippen LogP contribution in [0.5, 0.6) is 17.2 Å². The van der Waals surface area contributed by atoms with Crippen LogP contribution in [0, 0.1) is 5.92 Å². The van der Waals surface area contributed by atoms with E-state index in [1.54, 1.807) is 19.1 Å². The van der Waals surface area contributed by atoms with Crippen molar-refractivity contribution in [3.8, 4) is 28.7 Å². The molecule has 4 aromatic rings. The Morgan fingerprint density at radius 3 is 2.50 bits per heavy atom. The van der Waals surface area contributed by atoms with E-state index in [0.717, 1.165) is 24.2 Å². The largest absolute Gasteiger partial charge is 0.493 e. The van der Waals surface area contributed by atoms with Crippen molar-refractivity contribution in [2.24, 2.45) is 5.92 Å². The van der Waals surface area contributed by atoms with Gasteiger partial charge in [-0.15, -0.1) is 0 Å². The average Bonchev–Trinajstić information content (AvgIpc) is 3.53. The molecule has 0 amide bonds. The summed E-state index contributed by atoms with van der Waals surface area (Å²) in [7, 11) is -3.60. The van der Waals surface area contributed by atoms with Gasteiger partial charge in [-0.05, 0) is 74.2 Å². The third-order valence-electron chi connectivity index (χ3n) is 5.34. The summed E-state index contributed by atoms with van der Waals surface area (Å²) in [6.07, 6.45) is 2.76. The first-order valence-electron chi connectivity index (χ1n) is 11.0. The van der Waals surface area contributed by atoms with Crippen LogP contribution in [0.25, 0.3) is 22.7 Å². The molecule has 5 rings (SSSR count). The Labute approximate surface area is 197 Å². The maximum atomic E-state index is 11.4. The van der Waals surface area contributed by atoms with E-state index in [4.69, 9.17) is 18.1 Å². The lowest BCUT2D eigenvalue weighted by atomic mass is 10.2. The Hall–Kier alpha value is -3.43. The fraction of sp³-hybridized carbons (Fsp3) is 0.280. The van der Waals surface area contributed by atoms with Crippen LogP contribution in [0.4, 0.5) is 0 Å². The third kappa shape index (κ3) is 5.55. The van der Waals surface area contributed by atoms with Crippen LogP contribution < -0.4 is 9.47 Å². The molecule has 1 aliphatic carbocycles. The number of oxazole rings is 1. The maximum absolute atomic E-state index is 11.4. The van der Waals surface area contributed by atoms with Crippen molar-refractivity contribution in [1.82, 2.24) is 9.97 Å². The molecule has 34 heavy (non-hydrogen) atoms. The highest BCUT2D eigenvalue weighted by Crippen LogP contribution is 2.32. The number of benzene rings is 2. The number of aromatic nitrogens is 2. The molecule has 0 aliphatic heterocycles. The van der Waals surface area contributed by atoms with Gasteiger partial charge in [0, 0.05) is 11.6 Å². The maximum Gasteiger partial charge on any atom is 0.265 e. The standard InChI is InChI=1S/C25H24N2O6S/c1-16(33-34(2,28)29)22-12-13-23-25(26-22)32-24(27-23)18-8-10-19(11-9-18)31-21-5-3-4-20(14-21)30-15-17-6-7-17/h3-5,8-14,16-17H,6-7,15H2,1-2H3. The number of hydrogen-bond acceptors (Lipinski definition) is 8. The van der Waals surface area contributed by atoms with Crippen LogP contribution in [-0.4, -0.2) is 31.2 Å². The van der Waals surface area contributed by atoms with E-state index in [-0.39, 0.29) is 0 Å². The summed E-state index contributed by atoms with van der Waals surface area (Å²) < 4.78 is 45.3. The molecule has 9 heteroatoms. The van der Waals surface area contributed by atoms with Crippen LogP contribution in [-0.2, 0) is 14.3 Å². The Kier molecular flexibility index (Phi) is 5.97. The first kappa shape index (κ1) is 22.4. The first-order valence-corrected chi connectivity index (χ1v) is 12.8. The zero-order valence-corrected chi connectivity index (χ0v) is 19.6. The van der Waals surface area contributed by atoms with Gasteiger partial charge in [-0.3, -0.25) is 4.18 Å². The summed E-state index contributed by atoms with van der Waals surface area (Å²) in [6, 6.07) is 18.4. The Balaban J connectivity index is 1.29. The summed E-state index contributed by atoms with van der Waals surface area (Å²) in [5.41, 5.74) is 2.06. The first-order chi connectivity index (χ1) is 16.3. The molecule has 1 fully saturated rings. The second-order valence-electron chi connectivity index (χ2n) is 8.38. The highest BCUT2D eigenvalue weighted by molar-refractivity contribution is 7.86. The predicted octanol–water partition coefficient (Wildman–Crippen LogP) is 5.51. The number of nitrogens with zero attached hydrogens (tertiary/aromatic N) is 2. The van der Waals surface area contributed by atoms with Gasteiger partial charge in [0.05, 0.1) is 18.6 Å². The molecule has 2 aromatic heterocycles. The number of hydrogen-bond donors (Lipinski definition) is 0. The van der Waals surface area contributed by atoms with Gasteiger partial charge in [0.15, 0.2) is 0 Å². The van der Waals surface area contributed by atoms with Crippen molar-refractivity contribution in [3.05, 3.63) is 66.4 Å². The molecule has 2 heterocycles. The minimum absolute atomic E-state index is 0.305.